The maximum Gasteiger partial charge on any atom is 0.407 e. The van der Waals surface area contributed by atoms with Crippen LogP contribution in [0.5, 0.6) is 0 Å². The molecule has 2 N–H and O–H groups in total. The summed E-state index contributed by atoms with van der Waals surface area (Å²) >= 11 is 7.24. The van der Waals surface area contributed by atoms with E-state index in [-0.39, 0.29) is 31.3 Å². The lowest BCUT2D eigenvalue weighted by molar-refractivity contribution is -0.156. The molecule has 2 fully saturated rings. The lowest BCUT2D eigenvalue weighted by atomic mass is 9.78. The number of hydrogen-bond acceptors (Lipinski definition) is 8. The summed E-state index contributed by atoms with van der Waals surface area (Å²) in [5.74, 6) is -2.96. The van der Waals surface area contributed by atoms with Crippen molar-refractivity contribution < 1.29 is 38.2 Å². The van der Waals surface area contributed by atoms with E-state index in [4.69, 9.17) is 21.1 Å². The van der Waals surface area contributed by atoms with Crippen molar-refractivity contribution in [2.45, 2.75) is 145 Å². The highest BCUT2D eigenvalue weighted by atomic mass is 35.5. The minimum atomic E-state index is -1.67. The molecule has 5 atom stereocenters. The highest BCUT2D eigenvalue weighted by molar-refractivity contribution is 6.31. The van der Waals surface area contributed by atoms with E-state index in [1.807, 2.05) is 170 Å². The van der Waals surface area contributed by atoms with Gasteiger partial charge in [-0.3, -0.25) is 24.0 Å². The minimum Gasteiger partial charge on any atom is -0.449 e. The normalized spacial score (nSPS) is 16.5. The molecule has 0 spiro atoms. The van der Waals surface area contributed by atoms with Crippen LogP contribution in [0.15, 0.2) is 188 Å². The van der Waals surface area contributed by atoms with Gasteiger partial charge in [0.05, 0.1) is 6.42 Å². The van der Waals surface area contributed by atoms with E-state index < -0.39 is 66.0 Å². The second-order valence-corrected chi connectivity index (χ2v) is 24.9. The first kappa shape index (κ1) is 64.4. The van der Waals surface area contributed by atoms with Crippen molar-refractivity contribution in [1.82, 2.24) is 25.3 Å². The fourth-order valence-electron chi connectivity index (χ4n) is 13.6. The Balaban J connectivity index is 0.998. The van der Waals surface area contributed by atoms with E-state index in [2.05, 4.69) is 22.8 Å². The number of ether oxygens (including phenoxy) is 2. The molecule has 3 aliphatic rings. The monoisotopic (exact) mass is 1230 g/mol. The molecule has 0 aromatic heterocycles. The van der Waals surface area contributed by atoms with Gasteiger partial charge in [-0.25, -0.2) is 4.79 Å². The van der Waals surface area contributed by atoms with Gasteiger partial charge in [-0.2, -0.15) is 0 Å². The number of amides is 5. The molecule has 10 rings (SSSR count). The summed E-state index contributed by atoms with van der Waals surface area (Å²) in [6, 6.07) is 54.3. The Morgan fingerprint density at radius 3 is 1.63 bits per heavy atom. The van der Waals surface area contributed by atoms with E-state index in [1.54, 1.807) is 17.9 Å². The molecule has 1 saturated heterocycles. The molecule has 13 nitrogen and oxygen atoms in total. The van der Waals surface area contributed by atoms with E-state index >= 15 is 14.4 Å². The maximum absolute atomic E-state index is 15.9. The van der Waals surface area contributed by atoms with Crippen LogP contribution in [0.2, 0.25) is 5.02 Å². The Kier molecular flexibility index (Phi) is 22.0. The number of nitrogens with one attached hydrogen (secondary N) is 2. The molecular weight excluding hydrogens is 1150 g/mol. The van der Waals surface area contributed by atoms with Crippen LogP contribution in [0, 0.1) is 0 Å². The number of nitrogens with zero attached hydrogens (tertiary/aromatic N) is 3. The van der Waals surface area contributed by atoms with Crippen molar-refractivity contribution >= 4 is 47.3 Å². The molecule has 14 heteroatoms. The molecule has 0 bridgehead atoms. The zero-order chi connectivity index (χ0) is 63.0. The van der Waals surface area contributed by atoms with E-state index in [0.717, 1.165) is 72.8 Å². The molecule has 7 aromatic carbocycles. The largest absolute Gasteiger partial charge is 0.449 e. The number of alkyl carbamates (subject to hydrolysis) is 1. The van der Waals surface area contributed by atoms with Crippen molar-refractivity contribution in [3.8, 4) is 11.1 Å². The first-order valence-corrected chi connectivity index (χ1v) is 32.6. The van der Waals surface area contributed by atoms with Gasteiger partial charge >= 0.3 is 12.1 Å². The van der Waals surface area contributed by atoms with Crippen LogP contribution in [0.1, 0.15) is 147 Å². The molecule has 1 unspecified atom stereocenters. The Morgan fingerprint density at radius 2 is 1.04 bits per heavy atom. The van der Waals surface area contributed by atoms with Gasteiger partial charge in [-0.1, -0.05) is 239 Å². The van der Waals surface area contributed by atoms with Crippen LogP contribution < -0.4 is 10.6 Å². The highest BCUT2D eigenvalue weighted by Gasteiger charge is 2.45. The first-order chi connectivity index (χ1) is 43.8. The van der Waals surface area contributed by atoms with Gasteiger partial charge in [0.1, 0.15) is 30.8 Å². The van der Waals surface area contributed by atoms with Crippen LogP contribution in [-0.4, -0.2) is 108 Å². The third kappa shape index (κ3) is 15.4. The van der Waals surface area contributed by atoms with E-state index in [9.17, 15) is 14.4 Å². The number of carbonyl (C=O) groups is 6. The number of benzene rings is 7. The standard InChI is InChI=1S/C76H84ClN5O8/c1-53(72(85)82-47-27-12-28-48-82)78-71(84)68(49-54-29-13-9-14-30-54)80(2)74(87)69(50-55-31-15-10-16-32-55)81(3)73(86)67(79-75(88)89-52-64-62-39-23-21-37-60(62)61-38-22-24-40-63(61)64)51-70(83)90-76(58-35-19-11-20-36-58,65-41-25-26-42-66(65)77)59-45-43-57(44-46-59)56-33-17-7-5-4-6-8-18-34-56/h9-11,13-16,19-26,29-32,35-46,53,56,64,67-69H,4-8,12,17-18,27-28,33-34,47-52H2,1-3H3,(H,78,84)(H,79,88)/t53-,67-,68-,69-,76?/m0/s1. The highest BCUT2D eigenvalue weighted by Crippen LogP contribution is 2.46. The molecular formula is C76H84ClN5O8. The Morgan fingerprint density at radius 1 is 0.556 bits per heavy atom. The third-order valence-corrected chi connectivity index (χ3v) is 18.9. The number of hydrogen-bond donors (Lipinski definition) is 2. The summed E-state index contributed by atoms with van der Waals surface area (Å²) < 4.78 is 13.1. The predicted molar refractivity (Wildman–Crippen MR) is 353 cm³/mol. The van der Waals surface area contributed by atoms with Crippen molar-refractivity contribution in [2.24, 2.45) is 0 Å². The SMILES string of the molecule is C[C@H](NC(=O)[C@H](Cc1ccccc1)N(C)C(=O)[C@H](Cc1ccccc1)N(C)C(=O)[C@H](CC(=O)OC(c1ccccc1)(c1ccc(C2CCCCCCCCC2)cc1)c1ccccc1Cl)NC(=O)OCC1c2ccccc2-c2ccccc21)C(=O)N1CCCCC1. The quantitative estimate of drug-likeness (QED) is 0.0532. The molecule has 7 aromatic rings. The molecule has 468 valence electrons. The Bertz CT molecular complexity index is 3510. The summed E-state index contributed by atoms with van der Waals surface area (Å²) in [7, 11) is 2.99. The van der Waals surface area contributed by atoms with Crippen molar-refractivity contribution in [2.75, 3.05) is 33.8 Å². The summed E-state index contributed by atoms with van der Waals surface area (Å²) in [6.45, 7) is 2.77. The average molecular weight is 1230 g/mol. The van der Waals surface area contributed by atoms with E-state index in [1.165, 1.54) is 61.6 Å². The van der Waals surface area contributed by atoms with Gasteiger partial charge < -0.3 is 34.8 Å². The summed E-state index contributed by atoms with van der Waals surface area (Å²) in [6.07, 6.45) is 11.9. The number of esters is 1. The molecule has 2 aliphatic carbocycles. The number of fused-ring (bicyclic) bond motifs is 3. The number of likely N-dealkylation sites (N-methyl/N-ethyl adjacent to an activating group) is 2. The second kappa shape index (κ2) is 30.8. The zero-order valence-electron chi connectivity index (χ0n) is 52.1. The van der Waals surface area contributed by atoms with Crippen LogP contribution in [0.25, 0.3) is 11.1 Å². The minimum absolute atomic E-state index is 0.0155. The van der Waals surface area contributed by atoms with E-state index in [0.29, 0.717) is 46.3 Å². The van der Waals surface area contributed by atoms with Gasteiger partial charge in [0.2, 0.25) is 23.6 Å². The van der Waals surface area contributed by atoms with Crippen LogP contribution >= 0.6 is 11.6 Å². The molecule has 1 heterocycles. The smallest absolute Gasteiger partial charge is 0.407 e. The topological polar surface area (TPSA) is 155 Å². The molecule has 90 heavy (non-hydrogen) atoms. The third-order valence-electron chi connectivity index (χ3n) is 18.6. The maximum atomic E-state index is 15.9. The Labute approximate surface area is 535 Å². The summed E-state index contributed by atoms with van der Waals surface area (Å²) in [4.78, 5) is 94.5. The second-order valence-electron chi connectivity index (χ2n) is 24.5. The van der Waals surface area contributed by atoms with Crippen LogP contribution in [0.3, 0.4) is 0 Å². The molecule has 1 saturated carbocycles. The number of rotatable bonds is 21. The molecule has 1 aliphatic heterocycles. The number of likely N-dealkylation sites (tertiary alicyclic amines) is 1. The fourth-order valence-corrected chi connectivity index (χ4v) is 13.9. The number of halogens is 1. The molecule has 0 radical (unpaired) electrons. The fraction of sp³-hybridized carbons (Fsp3) is 0.368. The zero-order valence-corrected chi connectivity index (χ0v) is 52.8. The van der Waals surface area contributed by atoms with Crippen molar-refractivity contribution in [3.63, 3.8) is 0 Å². The summed E-state index contributed by atoms with van der Waals surface area (Å²) in [5.41, 5.74) is 6.74. The predicted octanol–water partition coefficient (Wildman–Crippen LogP) is 13.7. The van der Waals surface area contributed by atoms with Gasteiger partial charge in [0.15, 0.2) is 5.60 Å². The lowest BCUT2D eigenvalue weighted by Gasteiger charge is -2.37. The van der Waals surface area contributed by atoms with Gasteiger partial charge in [-0.05, 0) is 90.0 Å². The molecule has 5 amide bonds. The van der Waals surface area contributed by atoms with Crippen molar-refractivity contribution in [1.29, 1.82) is 0 Å². The van der Waals surface area contributed by atoms with Gasteiger partial charge in [-0.15, -0.1) is 0 Å². The van der Waals surface area contributed by atoms with Crippen LogP contribution in [0.4, 0.5) is 4.79 Å². The van der Waals surface area contributed by atoms with Crippen molar-refractivity contribution in [3.05, 3.63) is 238 Å². The van der Waals surface area contributed by atoms with Crippen LogP contribution in [-0.2, 0) is 51.9 Å². The number of carbonyl (C=O) groups excluding carboxylic acids is 6. The lowest BCUT2D eigenvalue weighted by Crippen LogP contribution is -2.60. The Hall–Kier alpha value is -8.55. The summed E-state index contributed by atoms with van der Waals surface area (Å²) in [5, 5.41) is 6.07. The average Bonchev–Trinajstić information content (AvgIpc) is 1.28. The van der Waals surface area contributed by atoms with Gasteiger partial charge in [0, 0.05) is 67.7 Å². The number of piperidine rings is 1. The van der Waals surface area contributed by atoms with Gasteiger partial charge in [0.25, 0.3) is 0 Å². The first-order valence-electron chi connectivity index (χ1n) is 32.2.